The molecule has 1 aromatic rings. The molecule has 3 heteroatoms. The molecule has 10 heavy (non-hydrogen) atoms. The molecule has 0 radical (unpaired) electrons. The number of hydrogen-bond donors (Lipinski definition) is 1. The fraction of sp³-hybridized carbons (Fsp3) is 0.429. The number of H-pyrrole nitrogens is 1. The highest BCUT2D eigenvalue weighted by Gasteiger charge is 1.95. The first kappa shape index (κ1) is 7.41. The molecule has 1 aromatic heterocycles. The highest BCUT2D eigenvalue weighted by molar-refractivity contribution is 7.71. The third kappa shape index (κ3) is 1.64. The Labute approximate surface area is 65.3 Å². The van der Waals surface area contributed by atoms with Crippen molar-refractivity contribution in [3.8, 4) is 0 Å². The molecule has 0 atom stereocenters. The van der Waals surface area contributed by atoms with Crippen LogP contribution in [-0.2, 0) is 0 Å². The first-order chi connectivity index (χ1) is 4.70. The van der Waals surface area contributed by atoms with E-state index in [9.17, 15) is 0 Å². The van der Waals surface area contributed by atoms with Crippen LogP contribution in [-0.4, -0.2) is 9.97 Å². The number of aromatic amines is 1. The van der Waals surface area contributed by atoms with Crippen LogP contribution in [0.4, 0.5) is 0 Å². The predicted octanol–water partition coefficient (Wildman–Crippen LogP) is 2.26. The molecule has 0 spiro atoms. The average molecular weight is 154 g/mol. The van der Waals surface area contributed by atoms with Crippen molar-refractivity contribution in [2.45, 2.75) is 19.8 Å². The lowest BCUT2D eigenvalue weighted by Gasteiger charge is -2.02. The van der Waals surface area contributed by atoms with Crippen LogP contribution in [0, 0.1) is 4.77 Å². The highest BCUT2D eigenvalue weighted by Crippen LogP contribution is 2.08. The summed E-state index contributed by atoms with van der Waals surface area (Å²) in [5.74, 6) is 0.490. The minimum atomic E-state index is 0.490. The maximum Gasteiger partial charge on any atom is 0.196 e. The third-order valence-corrected chi connectivity index (χ3v) is 1.53. The molecule has 0 bridgehead atoms. The summed E-state index contributed by atoms with van der Waals surface area (Å²) in [5, 5.41) is 0. The number of hydrogen-bond acceptors (Lipinski definition) is 2. The molecule has 1 N–H and O–H groups in total. The molecule has 1 rings (SSSR count). The second-order valence-corrected chi connectivity index (χ2v) is 2.87. The summed E-state index contributed by atoms with van der Waals surface area (Å²) in [7, 11) is 0. The summed E-state index contributed by atoms with van der Waals surface area (Å²) >= 11 is 4.85. The SMILES string of the molecule is CC(C)c1ccnc(=S)[nH]1. The van der Waals surface area contributed by atoms with E-state index in [1.807, 2.05) is 6.07 Å². The summed E-state index contributed by atoms with van der Waals surface area (Å²) in [6.45, 7) is 4.22. The van der Waals surface area contributed by atoms with Gasteiger partial charge in [-0.25, -0.2) is 4.98 Å². The smallest absolute Gasteiger partial charge is 0.196 e. The van der Waals surface area contributed by atoms with Crippen molar-refractivity contribution in [1.29, 1.82) is 0 Å². The second kappa shape index (κ2) is 2.92. The normalized spacial score (nSPS) is 10.3. The molecule has 1 heterocycles. The van der Waals surface area contributed by atoms with Crippen molar-refractivity contribution >= 4 is 12.2 Å². The van der Waals surface area contributed by atoms with Crippen molar-refractivity contribution in [3.63, 3.8) is 0 Å². The molecule has 0 unspecified atom stereocenters. The van der Waals surface area contributed by atoms with E-state index in [1.165, 1.54) is 0 Å². The molecular weight excluding hydrogens is 144 g/mol. The molecule has 0 amide bonds. The lowest BCUT2D eigenvalue weighted by molar-refractivity contribution is 0.810. The van der Waals surface area contributed by atoms with Gasteiger partial charge in [0.2, 0.25) is 0 Å². The van der Waals surface area contributed by atoms with Crippen LogP contribution in [0.5, 0.6) is 0 Å². The Bertz CT molecular complexity index is 264. The fourth-order valence-corrected chi connectivity index (χ4v) is 0.898. The molecule has 0 saturated heterocycles. The molecule has 2 nitrogen and oxygen atoms in total. The van der Waals surface area contributed by atoms with E-state index in [2.05, 4.69) is 23.8 Å². The number of nitrogens with zero attached hydrogens (tertiary/aromatic N) is 1. The highest BCUT2D eigenvalue weighted by atomic mass is 32.1. The van der Waals surface area contributed by atoms with Crippen molar-refractivity contribution in [1.82, 2.24) is 9.97 Å². The molecule has 0 fully saturated rings. The Morgan fingerprint density at radius 2 is 2.30 bits per heavy atom. The van der Waals surface area contributed by atoms with Crippen LogP contribution < -0.4 is 0 Å². The van der Waals surface area contributed by atoms with E-state index < -0.39 is 0 Å². The van der Waals surface area contributed by atoms with E-state index in [0.29, 0.717) is 10.7 Å². The molecule has 0 aliphatic carbocycles. The lowest BCUT2D eigenvalue weighted by atomic mass is 10.1. The van der Waals surface area contributed by atoms with Gasteiger partial charge in [0.15, 0.2) is 4.77 Å². The van der Waals surface area contributed by atoms with Crippen LogP contribution in [0.1, 0.15) is 25.5 Å². The van der Waals surface area contributed by atoms with Crippen LogP contribution in [0.2, 0.25) is 0 Å². The first-order valence-corrected chi connectivity index (χ1v) is 3.66. The minimum Gasteiger partial charge on any atom is -0.334 e. The van der Waals surface area contributed by atoms with Gasteiger partial charge in [0, 0.05) is 11.9 Å². The molecule has 54 valence electrons. The van der Waals surface area contributed by atoms with E-state index in [-0.39, 0.29) is 0 Å². The molecular formula is C7H10N2S. The van der Waals surface area contributed by atoms with Gasteiger partial charge in [-0.3, -0.25) is 0 Å². The van der Waals surface area contributed by atoms with Gasteiger partial charge in [-0.1, -0.05) is 13.8 Å². The Morgan fingerprint density at radius 1 is 1.60 bits per heavy atom. The summed E-state index contributed by atoms with van der Waals surface area (Å²) in [6.07, 6.45) is 1.73. The number of nitrogens with one attached hydrogen (secondary N) is 1. The van der Waals surface area contributed by atoms with Gasteiger partial charge in [-0.2, -0.15) is 0 Å². The predicted molar refractivity (Wildman–Crippen MR) is 43.5 cm³/mol. The summed E-state index contributed by atoms with van der Waals surface area (Å²) in [5.41, 5.74) is 1.14. The van der Waals surface area contributed by atoms with E-state index in [0.717, 1.165) is 5.69 Å². The maximum absolute atomic E-state index is 4.85. The Kier molecular flexibility index (Phi) is 2.17. The van der Waals surface area contributed by atoms with E-state index in [1.54, 1.807) is 6.20 Å². The lowest BCUT2D eigenvalue weighted by Crippen LogP contribution is -1.92. The van der Waals surface area contributed by atoms with Gasteiger partial charge in [0.05, 0.1) is 0 Å². The van der Waals surface area contributed by atoms with Gasteiger partial charge in [0.25, 0.3) is 0 Å². The summed E-state index contributed by atoms with van der Waals surface area (Å²) in [4.78, 5) is 6.89. The van der Waals surface area contributed by atoms with Crippen LogP contribution >= 0.6 is 12.2 Å². The largest absolute Gasteiger partial charge is 0.334 e. The zero-order valence-electron chi connectivity index (χ0n) is 6.09. The average Bonchev–Trinajstić information content (AvgIpc) is 1.88. The topological polar surface area (TPSA) is 28.7 Å². The zero-order valence-corrected chi connectivity index (χ0v) is 6.90. The molecule has 0 aliphatic heterocycles. The standard InChI is InChI=1S/C7H10N2S/c1-5(2)6-3-4-8-7(10)9-6/h3-5H,1-2H3,(H,8,9,10). The quantitative estimate of drug-likeness (QED) is 0.628. The number of aromatic nitrogens is 2. The van der Waals surface area contributed by atoms with Crippen LogP contribution in [0.15, 0.2) is 12.3 Å². The fourth-order valence-electron chi connectivity index (χ4n) is 0.719. The summed E-state index contributed by atoms with van der Waals surface area (Å²) < 4.78 is 0.561. The maximum atomic E-state index is 4.85. The Balaban J connectivity index is 3.07. The van der Waals surface area contributed by atoms with Crippen molar-refractivity contribution < 1.29 is 0 Å². The second-order valence-electron chi connectivity index (χ2n) is 2.49. The number of rotatable bonds is 1. The van der Waals surface area contributed by atoms with E-state index in [4.69, 9.17) is 12.2 Å². The minimum absolute atomic E-state index is 0.490. The molecule has 0 aromatic carbocycles. The van der Waals surface area contributed by atoms with Gasteiger partial charge < -0.3 is 4.98 Å². The van der Waals surface area contributed by atoms with Crippen LogP contribution in [0.25, 0.3) is 0 Å². The van der Waals surface area contributed by atoms with Crippen LogP contribution in [0.3, 0.4) is 0 Å². The van der Waals surface area contributed by atoms with Crippen molar-refractivity contribution in [2.75, 3.05) is 0 Å². The Hall–Kier alpha value is -0.700. The third-order valence-electron chi connectivity index (χ3n) is 1.32. The van der Waals surface area contributed by atoms with Gasteiger partial charge in [-0.15, -0.1) is 0 Å². The van der Waals surface area contributed by atoms with Gasteiger partial charge in [-0.05, 0) is 24.2 Å². The Morgan fingerprint density at radius 3 is 2.70 bits per heavy atom. The molecule has 0 saturated carbocycles. The van der Waals surface area contributed by atoms with Crippen molar-refractivity contribution in [3.05, 3.63) is 22.7 Å². The van der Waals surface area contributed by atoms with E-state index >= 15 is 0 Å². The van der Waals surface area contributed by atoms with Crippen molar-refractivity contribution in [2.24, 2.45) is 0 Å². The monoisotopic (exact) mass is 154 g/mol. The van der Waals surface area contributed by atoms with Gasteiger partial charge >= 0.3 is 0 Å². The first-order valence-electron chi connectivity index (χ1n) is 3.25. The van der Waals surface area contributed by atoms with Gasteiger partial charge in [0.1, 0.15) is 0 Å². The summed E-state index contributed by atoms with van der Waals surface area (Å²) in [6, 6.07) is 1.94. The zero-order chi connectivity index (χ0) is 7.56. The molecule has 0 aliphatic rings.